The highest BCUT2D eigenvalue weighted by molar-refractivity contribution is 9.10. The van der Waals surface area contributed by atoms with E-state index in [-0.39, 0.29) is 5.88 Å². The SMILES string of the molecule is OC(CCl)c1ccc(Cl)cc1Br. The molecule has 0 saturated heterocycles. The molecule has 0 fully saturated rings. The van der Waals surface area contributed by atoms with E-state index in [9.17, 15) is 5.11 Å². The number of rotatable bonds is 2. The van der Waals surface area contributed by atoms with Crippen molar-refractivity contribution in [2.75, 3.05) is 5.88 Å². The second-order valence-corrected chi connectivity index (χ2v) is 3.94. The van der Waals surface area contributed by atoms with E-state index >= 15 is 0 Å². The molecule has 66 valence electrons. The van der Waals surface area contributed by atoms with Crippen molar-refractivity contribution < 1.29 is 5.11 Å². The Morgan fingerprint density at radius 2 is 2.17 bits per heavy atom. The fraction of sp³-hybridized carbons (Fsp3) is 0.250. The average molecular weight is 270 g/mol. The molecule has 0 spiro atoms. The Bertz CT molecular complexity index is 278. The second-order valence-electron chi connectivity index (χ2n) is 2.34. The van der Waals surface area contributed by atoms with E-state index in [4.69, 9.17) is 23.2 Å². The summed E-state index contributed by atoms with van der Waals surface area (Å²) in [4.78, 5) is 0. The highest BCUT2D eigenvalue weighted by atomic mass is 79.9. The Kier molecular flexibility index (Phi) is 3.84. The Labute approximate surface area is 89.4 Å². The summed E-state index contributed by atoms with van der Waals surface area (Å²) in [6, 6.07) is 5.20. The summed E-state index contributed by atoms with van der Waals surface area (Å²) in [5.41, 5.74) is 0.759. The van der Waals surface area contributed by atoms with Crippen molar-refractivity contribution >= 4 is 39.1 Å². The molecule has 0 amide bonds. The third kappa shape index (κ3) is 2.36. The molecule has 1 atom stereocenters. The molecule has 1 N–H and O–H groups in total. The largest absolute Gasteiger partial charge is 0.387 e. The summed E-state index contributed by atoms with van der Waals surface area (Å²) < 4.78 is 0.781. The number of aliphatic hydroxyl groups excluding tert-OH is 1. The Hall–Kier alpha value is 0.240. The molecule has 0 aliphatic heterocycles. The van der Waals surface area contributed by atoms with Crippen LogP contribution in [0.5, 0.6) is 0 Å². The van der Waals surface area contributed by atoms with Crippen molar-refractivity contribution in [1.29, 1.82) is 0 Å². The van der Waals surface area contributed by atoms with Gasteiger partial charge in [0, 0.05) is 9.50 Å². The molecule has 1 nitrogen and oxygen atoms in total. The highest BCUT2D eigenvalue weighted by Gasteiger charge is 2.09. The van der Waals surface area contributed by atoms with Crippen molar-refractivity contribution in [3.63, 3.8) is 0 Å². The van der Waals surface area contributed by atoms with Crippen LogP contribution in [0.1, 0.15) is 11.7 Å². The van der Waals surface area contributed by atoms with Crippen LogP contribution in [0.3, 0.4) is 0 Å². The summed E-state index contributed by atoms with van der Waals surface area (Å²) in [6.45, 7) is 0. The fourth-order valence-corrected chi connectivity index (χ4v) is 1.97. The van der Waals surface area contributed by atoms with E-state index in [1.165, 1.54) is 0 Å². The summed E-state index contributed by atoms with van der Waals surface area (Å²) >= 11 is 14.5. The van der Waals surface area contributed by atoms with Gasteiger partial charge in [0.2, 0.25) is 0 Å². The second kappa shape index (κ2) is 4.47. The highest BCUT2D eigenvalue weighted by Crippen LogP contribution is 2.27. The van der Waals surface area contributed by atoms with E-state index < -0.39 is 6.10 Å². The summed E-state index contributed by atoms with van der Waals surface area (Å²) in [5.74, 6) is 0.181. The maximum atomic E-state index is 9.40. The van der Waals surface area contributed by atoms with Gasteiger partial charge in [-0.15, -0.1) is 11.6 Å². The molecule has 0 heterocycles. The molecule has 1 aromatic carbocycles. The van der Waals surface area contributed by atoms with Gasteiger partial charge in [0.05, 0.1) is 12.0 Å². The molecule has 12 heavy (non-hydrogen) atoms. The van der Waals surface area contributed by atoms with Gasteiger partial charge in [-0.2, -0.15) is 0 Å². The van der Waals surface area contributed by atoms with Crippen LogP contribution in [0.4, 0.5) is 0 Å². The van der Waals surface area contributed by atoms with Gasteiger partial charge in [-0.1, -0.05) is 33.6 Å². The first-order valence-electron chi connectivity index (χ1n) is 3.34. The number of hydrogen-bond acceptors (Lipinski definition) is 1. The first-order valence-corrected chi connectivity index (χ1v) is 5.04. The van der Waals surface area contributed by atoms with Crippen molar-refractivity contribution in [3.05, 3.63) is 33.3 Å². The molecule has 0 aromatic heterocycles. The molecule has 0 radical (unpaired) electrons. The number of halogens is 3. The molecule has 4 heteroatoms. The van der Waals surface area contributed by atoms with Crippen LogP contribution in [0.25, 0.3) is 0 Å². The van der Waals surface area contributed by atoms with Crippen LogP contribution in [0.15, 0.2) is 22.7 Å². The Morgan fingerprint density at radius 3 is 2.67 bits per heavy atom. The van der Waals surface area contributed by atoms with Gasteiger partial charge in [-0.3, -0.25) is 0 Å². The van der Waals surface area contributed by atoms with Crippen LogP contribution in [0.2, 0.25) is 5.02 Å². The number of benzene rings is 1. The number of alkyl halides is 1. The van der Waals surface area contributed by atoms with Crippen LogP contribution in [0, 0.1) is 0 Å². The standard InChI is InChI=1S/C8H7BrCl2O/c9-7-3-5(11)1-2-6(7)8(12)4-10/h1-3,8,12H,4H2. The Morgan fingerprint density at radius 1 is 1.50 bits per heavy atom. The molecule has 1 rings (SSSR count). The minimum absolute atomic E-state index is 0.181. The van der Waals surface area contributed by atoms with Crippen LogP contribution in [-0.4, -0.2) is 11.0 Å². The maximum absolute atomic E-state index is 9.40. The molecule has 0 bridgehead atoms. The lowest BCUT2D eigenvalue weighted by Crippen LogP contribution is -1.99. The third-order valence-electron chi connectivity index (χ3n) is 1.47. The fourth-order valence-electron chi connectivity index (χ4n) is 0.855. The number of hydrogen-bond donors (Lipinski definition) is 1. The maximum Gasteiger partial charge on any atom is 0.0936 e. The first kappa shape index (κ1) is 10.3. The van der Waals surface area contributed by atoms with E-state index in [1.807, 2.05) is 0 Å². The van der Waals surface area contributed by atoms with E-state index in [0.717, 1.165) is 10.0 Å². The van der Waals surface area contributed by atoms with Gasteiger partial charge in [0.25, 0.3) is 0 Å². The normalized spacial score (nSPS) is 13.0. The smallest absolute Gasteiger partial charge is 0.0936 e. The minimum Gasteiger partial charge on any atom is -0.387 e. The van der Waals surface area contributed by atoms with Crippen LogP contribution >= 0.6 is 39.1 Å². The average Bonchev–Trinajstić information content (AvgIpc) is 2.03. The van der Waals surface area contributed by atoms with E-state index in [0.29, 0.717) is 5.02 Å². The van der Waals surface area contributed by atoms with E-state index in [2.05, 4.69) is 15.9 Å². The van der Waals surface area contributed by atoms with Gasteiger partial charge in [0.1, 0.15) is 0 Å². The van der Waals surface area contributed by atoms with Gasteiger partial charge < -0.3 is 5.11 Å². The quantitative estimate of drug-likeness (QED) is 0.817. The predicted octanol–water partition coefficient (Wildman–Crippen LogP) is 3.37. The van der Waals surface area contributed by atoms with Gasteiger partial charge in [-0.05, 0) is 17.7 Å². The zero-order chi connectivity index (χ0) is 9.14. The predicted molar refractivity (Wildman–Crippen MR) is 54.8 cm³/mol. The van der Waals surface area contributed by atoms with Crippen LogP contribution in [-0.2, 0) is 0 Å². The topological polar surface area (TPSA) is 20.2 Å². The van der Waals surface area contributed by atoms with Gasteiger partial charge in [-0.25, -0.2) is 0 Å². The lowest BCUT2D eigenvalue weighted by atomic mass is 10.1. The summed E-state index contributed by atoms with van der Waals surface area (Å²) in [5, 5.41) is 10.0. The zero-order valence-corrected chi connectivity index (χ0v) is 9.20. The summed E-state index contributed by atoms with van der Waals surface area (Å²) in [7, 11) is 0. The molecule has 0 aliphatic carbocycles. The van der Waals surface area contributed by atoms with Gasteiger partial charge >= 0.3 is 0 Å². The molecule has 1 aromatic rings. The van der Waals surface area contributed by atoms with Crippen molar-refractivity contribution in [2.45, 2.75) is 6.10 Å². The zero-order valence-electron chi connectivity index (χ0n) is 6.10. The van der Waals surface area contributed by atoms with Gasteiger partial charge in [0.15, 0.2) is 0 Å². The van der Waals surface area contributed by atoms with E-state index in [1.54, 1.807) is 18.2 Å². The lowest BCUT2D eigenvalue weighted by Gasteiger charge is -2.09. The molecule has 0 saturated carbocycles. The van der Waals surface area contributed by atoms with Crippen molar-refractivity contribution in [1.82, 2.24) is 0 Å². The first-order chi connectivity index (χ1) is 5.65. The minimum atomic E-state index is -0.640. The molecular formula is C8H7BrCl2O. The molecular weight excluding hydrogens is 263 g/mol. The van der Waals surface area contributed by atoms with Crippen LogP contribution < -0.4 is 0 Å². The monoisotopic (exact) mass is 268 g/mol. The molecule has 1 unspecified atom stereocenters. The molecule has 0 aliphatic rings. The number of aliphatic hydroxyl groups is 1. The Balaban J connectivity index is 3.01. The lowest BCUT2D eigenvalue weighted by molar-refractivity contribution is 0.202. The summed E-state index contributed by atoms with van der Waals surface area (Å²) in [6.07, 6.45) is -0.640. The van der Waals surface area contributed by atoms with Crippen molar-refractivity contribution in [3.8, 4) is 0 Å². The third-order valence-corrected chi connectivity index (χ3v) is 2.68. The van der Waals surface area contributed by atoms with Crippen molar-refractivity contribution in [2.24, 2.45) is 0 Å².